The van der Waals surface area contributed by atoms with Crippen LogP contribution in [0.1, 0.15) is 12.5 Å². The number of hydrogen-bond donors (Lipinski definition) is 2. The Kier molecular flexibility index (Phi) is 6.08. The smallest absolute Gasteiger partial charge is 0.215 e. The van der Waals surface area contributed by atoms with Gasteiger partial charge in [-0.05, 0) is 38.1 Å². The first kappa shape index (κ1) is 15.4. The third kappa shape index (κ3) is 4.94. The van der Waals surface area contributed by atoms with E-state index >= 15 is 0 Å². The summed E-state index contributed by atoms with van der Waals surface area (Å²) in [5.74, 6) is 0. The van der Waals surface area contributed by atoms with Crippen LogP contribution in [0.4, 0.5) is 0 Å². The molecule has 0 saturated heterocycles. The minimum absolute atomic E-state index is 0.401. The van der Waals surface area contributed by atoms with E-state index in [2.05, 4.69) is 10.0 Å². The quantitative estimate of drug-likeness (QED) is 0.798. The van der Waals surface area contributed by atoms with E-state index in [0.717, 1.165) is 5.56 Å². The Morgan fingerprint density at radius 3 is 2.44 bits per heavy atom. The molecule has 1 atom stereocenters. The van der Waals surface area contributed by atoms with Crippen LogP contribution in [0.2, 0.25) is 5.02 Å². The highest BCUT2D eigenvalue weighted by atomic mass is 35.5. The van der Waals surface area contributed by atoms with Crippen LogP contribution >= 0.6 is 11.6 Å². The summed E-state index contributed by atoms with van der Waals surface area (Å²) >= 11 is 5.78. The van der Waals surface area contributed by atoms with Gasteiger partial charge in [0, 0.05) is 18.1 Å². The van der Waals surface area contributed by atoms with Gasteiger partial charge in [0.2, 0.25) is 10.0 Å². The molecule has 6 heteroatoms. The molecule has 0 saturated carbocycles. The summed E-state index contributed by atoms with van der Waals surface area (Å²) in [7, 11) is -1.50. The Bertz CT molecular complexity index is 459. The van der Waals surface area contributed by atoms with Crippen LogP contribution in [0.5, 0.6) is 0 Å². The predicted molar refractivity (Wildman–Crippen MR) is 75.5 cm³/mol. The standard InChI is InChI=1S/C12H19ClN2O2S/c1-10(9-14-2)18(16,17)15-8-7-11-3-5-12(13)6-4-11/h3-6,10,14-15H,7-9H2,1-2H3. The van der Waals surface area contributed by atoms with E-state index in [1.54, 1.807) is 26.1 Å². The van der Waals surface area contributed by atoms with E-state index in [1.807, 2.05) is 12.1 Å². The Morgan fingerprint density at radius 2 is 1.89 bits per heavy atom. The van der Waals surface area contributed by atoms with Gasteiger partial charge in [-0.1, -0.05) is 23.7 Å². The molecule has 0 aliphatic carbocycles. The van der Waals surface area contributed by atoms with E-state index in [0.29, 0.717) is 24.5 Å². The van der Waals surface area contributed by atoms with Gasteiger partial charge in [0.15, 0.2) is 0 Å². The van der Waals surface area contributed by atoms with Crippen molar-refractivity contribution in [3.63, 3.8) is 0 Å². The molecule has 0 spiro atoms. The number of benzene rings is 1. The second kappa shape index (κ2) is 7.09. The lowest BCUT2D eigenvalue weighted by Gasteiger charge is -2.13. The van der Waals surface area contributed by atoms with Gasteiger partial charge >= 0.3 is 0 Å². The van der Waals surface area contributed by atoms with Crippen molar-refractivity contribution < 1.29 is 8.42 Å². The molecule has 0 bridgehead atoms. The molecule has 0 aromatic heterocycles. The Morgan fingerprint density at radius 1 is 1.28 bits per heavy atom. The maximum absolute atomic E-state index is 11.8. The van der Waals surface area contributed by atoms with Gasteiger partial charge in [-0.2, -0.15) is 0 Å². The average molecular weight is 291 g/mol. The first-order valence-electron chi connectivity index (χ1n) is 5.83. The second-order valence-corrected chi connectivity index (χ2v) is 6.80. The minimum Gasteiger partial charge on any atom is -0.318 e. The van der Waals surface area contributed by atoms with E-state index in [1.165, 1.54) is 0 Å². The molecule has 1 aromatic rings. The van der Waals surface area contributed by atoms with Crippen LogP contribution in [-0.4, -0.2) is 33.8 Å². The molecule has 1 aromatic carbocycles. The molecule has 4 nitrogen and oxygen atoms in total. The number of hydrogen-bond acceptors (Lipinski definition) is 3. The molecule has 1 rings (SSSR count). The second-order valence-electron chi connectivity index (χ2n) is 4.18. The SMILES string of the molecule is CNCC(C)S(=O)(=O)NCCc1ccc(Cl)cc1. The van der Waals surface area contributed by atoms with Crippen LogP contribution in [0.3, 0.4) is 0 Å². The summed E-state index contributed by atoms with van der Waals surface area (Å²) in [4.78, 5) is 0. The fourth-order valence-corrected chi connectivity index (χ4v) is 2.71. The van der Waals surface area contributed by atoms with E-state index in [4.69, 9.17) is 11.6 Å². The lowest BCUT2D eigenvalue weighted by molar-refractivity contribution is 0.564. The van der Waals surface area contributed by atoms with Crippen LogP contribution in [0.15, 0.2) is 24.3 Å². The van der Waals surface area contributed by atoms with Crippen molar-refractivity contribution in [2.24, 2.45) is 0 Å². The summed E-state index contributed by atoms with van der Waals surface area (Å²) in [5.41, 5.74) is 1.06. The summed E-state index contributed by atoms with van der Waals surface area (Å²) in [6.07, 6.45) is 0.655. The summed E-state index contributed by atoms with van der Waals surface area (Å²) in [5, 5.41) is 3.10. The lowest BCUT2D eigenvalue weighted by Crippen LogP contribution is -2.38. The van der Waals surface area contributed by atoms with Crippen LogP contribution in [0, 0.1) is 0 Å². The summed E-state index contributed by atoms with van der Waals surface area (Å²) in [6, 6.07) is 7.39. The number of sulfonamides is 1. The van der Waals surface area contributed by atoms with Crippen LogP contribution in [-0.2, 0) is 16.4 Å². The predicted octanol–water partition coefficient (Wildman–Crippen LogP) is 1.41. The number of nitrogens with one attached hydrogen (secondary N) is 2. The van der Waals surface area contributed by atoms with Gasteiger partial charge in [0.05, 0.1) is 5.25 Å². The Balaban J connectivity index is 2.44. The third-order valence-corrected chi connectivity index (χ3v) is 4.74. The Hall–Kier alpha value is -0.620. The summed E-state index contributed by atoms with van der Waals surface area (Å²) < 4.78 is 26.2. The molecule has 1 unspecified atom stereocenters. The van der Waals surface area contributed by atoms with Crippen LogP contribution in [0.25, 0.3) is 0 Å². The van der Waals surface area contributed by atoms with E-state index < -0.39 is 15.3 Å². The fraction of sp³-hybridized carbons (Fsp3) is 0.500. The van der Waals surface area contributed by atoms with Gasteiger partial charge < -0.3 is 5.32 Å². The van der Waals surface area contributed by atoms with Gasteiger partial charge in [0.25, 0.3) is 0 Å². The van der Waals surface area contributed by atoms with Gasteiger partial charge in [0.1, 0.15) is 0 Å². The first-order chi connectivity index (χ1) is 8.45. The van der Waals surface area contributed by atoms with Crippen molar-refractivity contribution in [2.75, 3.05) is 20.1 Å². The molecule has 102 valence electrons. The van der Waals surface area contributed by atoms with Gasteiger partial charge in [-0.15, -0.1) is 0 Å². The zero-order valence-electron chi connectivity index (χ0n) is 10.6. The van der Waals surface area contributed by atoms with Gasteiger partial charge in [-0.3, -0.25) is 0 Å². The third-order valence-electron chi connectivity index (χ3n) is 2.65. The maximum atomic E-state index is 11.8. The van der Waals surface area contributed by atoms with Crippen molar-refractivity contribution in [2.45, 2.75) is 18.6 Å². The zero-order valence-corrected chi connectivity index (χ0v) is 12.2. The van der Waals surface area contributed by atoms with Crippen LogP contribution < -0.4 is 10.0 Å². The highest BCUT2D eigenvalue weighted by Crippen LogP contribution is 2.09. The van der Waals surface area contributed by atoms with E-state index in [9.17, 15) is 8.42 Å². The van der Waals surface area contributed by atoms with E-state index in [-0.39, 0.29) is 0 Å². The van der Waals surface area contributed by atoms with Crippen molar-refractivity contribution in [3.05, 3.63) is 34.9 Å². The molecular formula is C12H19ClN2O2S. The molecular weight excluding hydrogens is 272 g/mol. The molecule has 18 heavy (non-hydrogen) atoms. The molecule has 0 aliphatic heterocycles. The van der Waals surface area contributed by atoms with Crippen molar-refractivity contribution in [3.8, 4) is 0 Å². The highest BCUT2D eigenvalue weighted by molar-refractivity contribution is 7.90. The average Bonchev–Trinajstić information content (AvgIpc) is 2.32. The normalized spacial score (nSPS) is 13.5. The van der Waals surface area contributed by atoms with Crippen molar-refractivity contribution in [1.82, 2.24) is 10.0 Å². The highest BCUT2D eigenvalue weighted by Gasteiger charge is 2.18. The van der Waals surface area contributed by atoms with Gasteiger partial charge in [-0.25, -0.2) is 13.1 Å². The summed E-state index contributed by atoms with van der Waals surface area (Å²) in [6.45, 7) is 2.52. The number of halogens is 1. The maximum Gasteiger partial charge on any atom is 0.215 e. The minimum atomic E-state index is -3.24. The molecule has 0 fully saturated rings. The molecule has 0 radical (unpaired) electrons. The molecule has 0 amide bonds. The fourth-order valence-electron chi connectivity index (χ4n) is 1.53. The lowest BCUT2D eigenvalue weighted by atomic mass is 10.2. The first-order valence-corrected chi connectivity index (χ1v) is 7.75. The zero-order chi connectivity index (χ0) is 13.6. The molecule has 0 aliphatic rings. The Labute approximate surface area is 114 Å². The largest absolute Gasteiger partial charge is 0.318 e. The van der Waals surface area contributed by atoms with Crippen molar-refractivity contribution >= 4 is 21.6 Å². The van der Waals surface area contributed by atoms with Crippen molar-refractivity contribution in [1.29, 1.82) is 0 Å². The molecule has 0 heterocycles. The topological polar surface area (TPSA) is 58.2 Å². The monoisotopic (exact) mass is 290 g/mol. The molecule has 2 N–H and O–H groups in total. The number of rotatable bonds is 7.